The normalized spacial score (nSPS) is 18.6. The van der Waals surface area contributed by atoms with Gasteiger partial charge in [-0.1, -0.05) is 15.9 Å². The molecule has 1 heterocycles. The fourth-order valence-corrected chi connectivity index (χ4v) is 3.43. The van der Waals surface area contributed by atoms with Gasteiger partial charge in [-0.25, -0.2) is 0 Å². The van der Waals surface area contributed by atoms with Crippen LogP contribution in [0.3, 0.4) is 0 Å². The van der Waals surface area contributed by atoms with Crippen molar-refractivity contribution in [2.75, 3.05) is 38.6 Å². The summed E-state index contributed by atoms with van der Waals surface area (Å²) in [6.07, 6.45) is 2.54. The number of hydrogen-bond donors (Lipinski definition) is 1. The van der Waals surface area contributed by atoms with E-state index in [1.165, 1.54) is 30.6 Å². The van der Waals surface area contributed by atoms with Gasteiger partial charge in [-0.15, -0.1) is 0 Å². The monoisotopic (exact) mass is 339 g/mol. The van der Waals surface area contributed by atoms with Crippen LogP contribution in [-0.2, 0) is 0 Å². The molecule has 1 saturated heterocycles. The molecule has 1 unspecified atom stereocenters. The minimum Gasteiger partial charge on any atom is -0.371 e. The minimum absolute atomic E-state index is 0.0713. The molecule has 1 aromatic carbocycles. The van der Waals surface area contributed by atoms with Crippen molar-refractivity contribution in [3.63, 3.8) is 0 Å². The number of halogens is 1. The first-order valence-electron chi connectivity index (χ1n) is 7.42. The van der Waals surface area contributed by atoms with Crippen molar-refractivity contribution in [3.8, 4) is 0 Å². The summed E-state index contributed by atoms with van der Waals surface area (Å²) in [5.41, 5.74) is 8.68. The van der Waals surface area contributed by atoms with E-state index in [9.17, 15) is 0 Å². The third-order valence-electron chi connectivity index (χ3n) is 4.06. The lowest BCUT2D eigenvalue weighted by molar-refractivity contribution is 0.285. The molecule has 4 heteroatoms. The Kier molecular flexibility index (Phi) is 5.47. The number of nitrogens with zero attached hydrogens (tertiary/aromatic N) is 2. The molecule has 2 rings (SSSR count). The van der Waals surface area contributed by atoms with Crippen molar-refractivity contribution in [1.82, 2.24) is 4.90 Å². The van der Waals surface area contributed by atoms with E-state index >= 15 is 0 Å². The molecule has 0 amide bonds. The summed E-state index contributed by atoms with van der Waals surface area (Å²) >= 11 is 3.55. The molecule has 0 bridgehead atoms. The molecule has 1 aliphatic rings. The first kappa shape index (κ1) is 15.8. The Bertz CT molecular complexity index is 437. The maximum absolute atomic E-state index is 6.13. The van der Waals surface area contributed by atoms with Gasteiger partial charge in [-0.3, -0.25) is 0 Å². The Morgan fingerprint density at radius 1 is 1.35 bits per heavy atom. The number of piperidine rings is 1. The molecule has 112 valence electrons. The first-order chi connectivity index (χ1) is 9.47. The van der Waals surface area contributed by atoms with Crippen LogP contribution < -0.4 is 10.6 Å². The van der Waals surface area contributed by atoms with E-state index in [-0.39, 0.29) is 6.04 Å². The SMILES string of the molecule is CC(N)c1cc(Br)ccc1N1CCC(CN(C)C)CC1. The summed E-state index contributed by atoms with van der Waals surface area (Å²) in [7, 11) is 4.32. The number of nitrogens with two attached hydrogens (primary N) is 1. The zero-order chi connectivity index (χ0) is 14.7. The van der Waals surface area contributed by atoms with Crippen LogP contribution in [0.5, 0.6) is 0 Å². The van der Waals surface area contributed by atoms with Gasteiger partial charge in [-0.05, 0) is 63.5 Å². The Hall–Kier alpha value is -0.580. The fourth-order valence-electron chi connectivity index (χ4n) is 3.05. The number of hydrogen-bond acceptors (Lipinski definition) is 3. The predicted molar refractivity (Wildman–Crippen MR) is 90.2 cm³/mol. The van der Waals surface area contributed by atoms with Gasteiger partial charge in [-0.2, -0.15) is 0 Å². The van der Waals surface area contributed by atoms with Crippen molar-refractivity contribution < 1.29 is 0 Å². The molecule has 1 aliphatic heterocycles. The van der Waals surface area contributed by atoms with Crippen molar-refractivity contribution >= 4 is 21.6 Å². The molecule has 1 fully saturated rings. The predicted octanol–water partition coefficient (Wildman–Crippen LogP) is 3.25. The van der Waals surface area contributed by atoms with Gasteiger partial charge in [0, 0.05) is 35.8 Å². The highest BCUT2D eigenvalue weighted by atomic mass is 79.9. The van der Waals surface area contributed by atoms with Crippen LogP contribution in [0.15, 0.2) is 22.7 Å². The molecular weight excluding hydrogens is 314 g/mol. The molecule has 0 aromatic heterocycles. The summed E-state index contributed by atoms with van der Waals surface area (Å²) in [6, 6.07) is 6.55. The summed E-state index contributed by atoms with van der Waals surface area (Å²) in [5, 5.41) is 0. The average Bonchev–Trinajstić information content (AvgIpc) is 2.39. The van der Waals surface area contributed by atoms with Gasteiger partial charge in [0.15, 0.2) is 0 Å². The van der Waals surface area contributed by atoms with E-state index in [2.05, 4.69) is 64.9 Å². The number of anilines is 1. The summed E-state index contributed by atoms with van der Waals surface area (Å²) in [4.78, 5) is 4.80. The molecule has 20 heavy (non-hydrogen) atoms. The largest absolute Gasteiger partial charge is 0.371 e. The molecule has 0 spiro atoms. The quantitative estimate of drug-likeness (QED) is 0.913. The Labute approximate surface area is 131 Å². The molecule has 2 N–H and O–H groups in total. The smallest absolute Gasteiger partial charge is 0.0415 e. The molecule has 3 nitrogen and oxygen atoms in total. The highest BCUT2D eigenvalue weighted by Gasteiger charge is 2.22. The van der Waals surface area contributed by atoms with E-state index < -0.39 is 0 Å². The Morgan fingerprint density at radius 2 is 2.00 bits per heavy atom. The first-order valence-corrected chi connectivity index (χ1v) is 8.21. The van der Waals surface area contributed by atoms with E-state index in [1.54, 1.807) is 0 Å². The molecule has 0 saturated carbocycles. The number of benzene rings is 1. The van der Waals surface area contributed by atoms with Gasteiger partial charge >= 0.3 is 0 Å². The second-order valence-corrected chi connectivity index (χ2v) is 7.10. The van der Waals surface area contributed by atoms with Gasteiger partial charge in [0.2, 0.25) is 0 Å². The van der Waals surface area contributed by atoms with Crippen LogP contribution in [0.4, 0.5) is 5.69 Å². The lowest BCUT2D eigenvalue weighted by atomic mass is 9.95. The fraction of sp³-hybridized carbons (Fsp3) is 0.625. The van der Waals surface area contributed by atoms with Crippen LogP contribution in [0.25, 0.3) is 0 Å². The lowest BCUT2D eigenvalue weighted by Gasteiger charge is -2.36. The van der Waals surface area contributed by atoms with Gasteiger partial charge < -0.3 is 15.5 Å². The van der Waals surface area contributed by atoms with Crippen LogP contribution >= 0.6 is 15.9 Å². The second kappa shape index (κ2) is 6.92. The van der Waals surface area contributed by atoms with Gasteiger partial charge in [0.25, 0.3) is 0 Å². The highest BCUT2D eigenvalue weighted by molar-refractivity contribution is 9.10. The van der Waals surface area contributed by atoms with Crippen molar-refractivity contribution in [2.45, 2.75) is 25.8 Å². The zero-order valence-corrected chi connectivity index (χ0v) is 14.4. The molecule has 0 aliphatic carbocycles. The summed E-state index contributed by atoms with van der Waals surface area (Å²) in [6.45, 7) is 5.54. The maximum atomic E-state index is 6.13. The van der Waals surface area contributed by atoms with Crippen molar-refractivity contribution in [3.05, 3.63) is 28.2 Å². The third kappa shape index (κ3) is 3.96. The minimum atomic E-state index is 0.0713. The maximum Gasteiger partial charge on any atom is 0.0415 e. The Balaban J connectivity index is 2.07. The van der Waals surface area contributed by atoms with Crippen LogP contribution in [0.1, 0.15) is 31.4 Å². The number of rotatable bonds is 4. The molecule has 1 aromatic rings. The van der Waals surface area contributed by atoms with Crippen molar-refractivity contribution in [2.24, 2.45) is 11.7 Å². The average molecular weight is 340 g/mol. The Morgan fingerprint density at radius 3 is 2.55 bits per heavy atom. The lowest BCUT2D eigenvalue weighted by Crippen LogP contribution is -2.37. The summed E-state index contributed by atoms with van der Waals surface area (Å²) < 4.78 is 1.11. The van der Waals surface area contributed by atoms with Crippen molar-refractivity contribution in [1.29, 1.82) is 0 Å². The standard InChI is InChI=1S/C16H26BrN3/c1-12(18)15-10-14(17)4-5-16(15)20-8-6-13(7-9-20)11-19(2)3/h4-5,10,12-13H,6-9,11,18H2,1-3H3. The summed E-state index contributed by atoms with van der Waals surface area (Å²) in [5.74, 6) is 0.829. The molecule has 1 atom stereocenters. The second-order valence-electron chi connectivity index (χ2n) is 6.18. The van der Waals surface area contributed by atoms with E-state index in [1.807, 2.05) is 0 Å². The zero-order valence-electron chi connectivity index (χ0n) is 12.8. The topological polar surface area (TPSA) is 32.5 Å². The highest BCUT2D eigenvalue weighted by Crippen LogP contribution is 2.31. The van der Waals surface area contributed by atoms with Crippen LogP contribution in [0.2, 0.25) is 0 Å². The third-order valence-corrected chi connectivity index (χ3v) is 4.55. The van der Waals surface area contributed by atoms with E-state index in [0.717, 1.165) is 23.5 Å². The van der Waals surface area contributed by atoms with Crippen LogP contribution in [-0.4, -0.2) is 38.6 Å². The van der Waals surface area contributed by atoms with E-state index in [4.69, 9.17) is 5.73 Å². The van der Waals surface area contributed by atoms with Crippen LogP contribution in [0, 0.1) is 5.92 Å². The van der Waals surface area contributed by atoms with Gasteiger partial charge in [0.1, 0.15) is 0 Å². The van der Waals surface area contributed by atoms with Gasteiger partial charge in [0.05, 0.1) is 0 Å². The molecule has 0 radical (unpaired) electrons. The van der Waals surface area contributed by atoms with E-state index in [0.29, 0.717) is 0 Å². The molecular formula is C16H26BrN3.